The Morgan fingerprint density at radius 1 is 1.60 bits per heavy atom. The molecule has 1 rings (SSSR count). The van der Waals surface area contributed by atoms with E-state index in [1.807, 2.05) is 0 Å². The predicted molar refractivity (Wildman–Crippen MR) is 35.6 cm³/mol. The Bertz CT molecular complexity index is 174. The normalized spacial score (nSPS) is 32.1. The number of rotatable bonds is 1. The second-order valence-electron chi connectivity index (χ2n) is 2.52. The van der Waals surface area contributed by atoms with Crippen LogP contribution in [0, 0.1) is 0 Å². The monoisotopic (exact) mass is 142 g/mol. The maximum Gasteiger partial charge on any atom is 0.339 e. The molecular weight excluding hydrogens is 132 g/mol. The van der Waals surface area contributed by atoms with Gasteiger partial charge in [0, 0.05) is 0 Å². The molecule has 0 aromatic heterocycles. The van der Waals surface area contributed by atoms with Crippen LogP contribution in [0.4, 0.5) is 0 Å². The van der Waals surface area contributed by atoms with Gasteiger partial charge in [0.15, 0.2) is 5.60 Å². The van der Waals surface area contributed by atoms with Crippen LogP contribution in [-0.2, 0) is 4.79 Å². The van der Waals surface area contributed by atoms with Crippen LogP contribution in [0.25, 0.3) is 0 Å². The van der Waals surface area contributed by atoms with Gasteiger partial charge in [-0.2, -0.15) is 0 Å². The molecule has 0 saturated carbocycles. The number of carboxylic acids is 1. The van der Waals surface area contributed by atoms with E-state index in [9.17, 15) is 9.90 Å². The molecule has 3 heteroatoms. The first-order chi connectivity index (χ1) is 4.65. The first-order valence-electron chi connectivity index (χ1n) is 3.29. The van der Waals surface area contributed by atoms with Crippen molar-refractivity contribution < 1.29 is 15.0 Å². The zero-order valence-electron chi connectivity index (χ0n) is 5.58. The molecule has 0 radical (unpaired) electrons. The lowest BCUT2D eigenvalue weighted by Crippen LogP contribution is -2.37. The van der Waals surface area contributed by atoms with Crippen LogP contribution in [0.15, 0.2) is 12.2 Å². The Morgan fingerprint density at radius 3 is 2.60 bits per heavy atom. The molecule has 0 amide bonds. The van der Waals surface area contributed by atoms with Crippen molar-refractivity contribution in [1.82, 2.24) is 0 Å². The lowest BCUT2D eigenvalue weighted by Gasteiger charge is -2.21. The van der Waals surface area contributed by atoms with Crippen LogP contribution in [0.3, 0.4) is 0 Å². The number of aliphatic hydroxyl groups is 1. The second-order valence-corrected chi connectivity index (χ2v) is 2.52. The minimum atomic E-state index is -1.59. The average Bonchev–Trinajstić information content (AvgIpc) is 1.89. The highest BCUT2D eigenvalue weighted by Gasteiger charge is 2.33. The highest BCUT2D eigenvalue weighted by Crippen LogP contribution is 2.21. The summed E-state index contributed by atoms with van der Waals surface area (Å²) in [6.45, 7) is 0. The first kappa shape index (κ1) is 7.28. The Hall–Kier alpha value is -0.830. The minimum absolute atomic E-state index is 0.332. The van der Waals surface area contributed by atoms with Crippen LogP contribution in [0.2, 0.25) is 0 Å². The molecule has 0 spiro atoms. The topological polar surface area (TPSA) is 57.5 Å². The van der Waals surface area contributed by atoms with E-state index >= 15 is 0 Å². The van der Waals surface area contributed by atoms with Crippen molar-refractivity contribution >= 4 is 5.97 Å². The largest absolute Gasteiger partial charge is 0.479 e. The van der Waals surface area contributed by atoms with E-state index in [1.165, 1.54) is 6.08 Å². The lowest BCUT2D eigenvalue weighted by atomic mass is 9.91. The van der Waals surface area contributed by atoms with E-state index in [2.05, 4.69) is 0 Å². The standard InChI is InChI=1S/C7H10O3/c8-6(9)7(10)4-2-1-3-5-7/h2,4,10H,1,3,5H2,(H,8,9)/t7-/m0/s1. The van der Waals surface area contributed by atoms with Crippen molar-refractivity contribution in [2.75, 3.05) is 0 Å². The highest BCUT2D eigenvalue weighted by atomic mass is 16.4. The molecule has 2 N–H and O–H groups in total. The van der Waals surface area contributed by atoms with Gasteiger partial charge in [0.25, 0.3) is 0 Å². The molecule has 0 aliphatic heterocycles. The minimum Gasteiger partial charge on any atom is -0.479 e. The van der Waals surface area contributed by atoms with E-state index < -0.39 is 11.6 Å². The fraction of sp³-hybridized carbons (Fsp3) is 0.571. The van der Waals surface area contributed by atoms with Gasteiger partial charge in [-0.05, 0) is 25.3 Å². The molecule has 0 bridgehead atoms. The third-order valence-corrected chi connectivity index (χ3v) is 1.69. The Kier molecular flexibility index (Phi) is 1.76. The quantitative estimate of drug-likeness (QED) is 0.525. The number of hydrogen-bond acceptors (Lipinski definition) is 2. The van der Waals surface area contributed by atoms with Crippen molar-refractivity contribution in [2.45, 2.75) is 24.9 Å². The summed E-state index contributed by atoms with van der Waals surface area (Å²) in [7, 11) is 0. The SMILES string of the molecule is O=C(O)[C@]1(O)C=CCCC1. The summed E-state index contributed by atoms with van der Waals surface area (Å²) in [5, 5.41) is 17.8. The third-order valence-electron chi connectivity index (χ3n) is 1.69. The van der Waals surface area contributed by atoms with Crippen molar-refractivity contribution in [1.29, 1.82) is 0 Å². The first-order valence-corrected chi connectivity index (χ1v) is 3.29. The molecule has 0 saturated heterocycles. The van der Waals surface area contributed by atoms with Gasteiger partial charge < -0.3 is 10.2 Å². The maximum absolute atomic E-state index is 10.4. The number of aliphatic carboxylic acids is 1. The number of allylic oxidation sites excluding steroid dienone is 1. The second kappa shape index (κ2) is 2.42. The number of hydrogen-bond donors (Lipinski definition) is 2. The molecule has 10 heavy (non-hydrogen) atoms. The van der Waals surface area contributed by atoms with Crippen molar-refractivity contribution in [3.8, 4) is 0 Å². The highest BCUT2D eigenvalue weighted by molar-refractivity contribution is 5.79. The number of carboxylic acid groups (broad SMARTS) is 1. The van der Waals surface area contributed by atoms with Crippen molar-refractivity contribution in [2.24, 2.45) is 0 Å². The Morgan fingerprint density at radius 2 is 2.30 bits per heavy atom. The van der Waals surface area contributed by atoms with Crippen LogP contribution in [-0.4, -0.2) is 21.8 Å². The Balaban J connectivity index is 2.75. The van der Waals surface area contributed by atoms with Crippen LogP contribution < -0.4 is 0 Å². The molecule has 0 heterocycles. The summed E-state index contributed by atoms with van der Waals surface area (Å²) in [6, 6.07) is 0. The molecule has 1 aliphatic carbocycles. The van der Waals surface area contributed by atoms with Gasteiger partial charge in [-0.25, -0.2) is 4.79 Å². The molecule has 3 nitrogen and oxygen atoms in total. The van der Waals surface area contributed by atoms with Crippen molar-refractivity contribution in [3.63, 3.8) is 0 Å². The van der Waals surface area contributed by atoms with Gasteiger partial charge in [0.1, 0.15) is 0 Å². The summed E-state index contributed by atoms with van der Waals surface area (Å²) >= 11 is 0. The van der Waals surface area contributed by atoms with E-state index in [1.54, 1.807) is 6.08 Å². The van der Waals surface area contributed by atoms with E-state index in [4.69, 9.17) is 5.11 Å². The average molecular weight is 142 g/mol. The molecular formula is C7H10O3. The number of carbonyl (C=O) groups is 1. The summed E-state index contributed by atoms with van der Waals surface area (Å²) < 4.78 is 0. The van der Waals surface area contributed by atoms with Gasteiger partial charge in [-0.15, -0.1) is 0 Å². The van der Waals surface area contributed by atoms with Gasteiger partial charge in [-0.1, -0.05) is 6.08 Å². The molecule has 0 fully saturated rings. The third kappa shape index (κ3) is 1.19. The molecule has 1 atom stereocenters. The zero-order valence-corrected chi connectivity index (χ0v) is 5.58. The van der Waals surface area contributed by atoms with E-state index in [0.717, 1.165) is 12.8 Å². The molecule has 56 valence electrons. The van der Waals surface area contributed by atoms with Gasteiger partial charge >= 0.3 is 5.97 Å². The Labute approximate surface area is 59.0 Å². The summed E-state index contributed by atoms with van der Waals surface area (Å²) in [5.41, 5.74) is -1.59. The van der Waals surface area contributed by atoms with Crippen molar-refractivity contribution in [3.05, 3.63) is 12.2 Å². The smallest absolute Gasteiger partial charge is 0.339 e. The van der Waals surface area contributed by atoms with Gasteiger partial charge in [0.05, 0.1) is 0 Å². The molecule has 1 aliphatic rings. The van der Waals surface area contributed by atoms with Crippen LogP contribution >= 0.6 is 0 Å². The molecule has 0 unspecified atom stereocenters. The van der Waals surface area contributed by atoms with Gasteiger partial charge in [0.2, 0.25) is 0 Å². The molecule has 0 aromatic carbocycles. The molecule has 0 aromatic rings. The summed E-state index contributed by atoms with van der Waals surface area (Å²) in [4.78, 5) is 10.4. The van der Waals surface area contributed by atoms with Crippen LogP contribution in [0.1, 0.15) is 19.3 Å². The summed E-state index contributed by atoms with van der Waals surface area (Å²) in [5.74, 6) is -1.15. The fourth-order valence-corrected chi connectivity index (χ4v) is 1.03. The summed E-state index contributed by atoms with van der Waals surface area (Å²) in [6.07, 6.45) is 5.02. The zero-order chi connectivity index (χ0) is 7.61. The van der Waals surface area contributed by atoms with Crippen LogP contribution in [0.5, 0.6) is 0 Å². The van der Waals surface area contributed by atoms with E-state index in [0.29, 0.717) is 6.42 Å². The van der Waals surface area contributed by atoms with E-state index in [-0.39, 0.29) is 0 Å². The predicted octanol–water partition coefficient (Wildman–Crippen LogP) is 0.542. The van der Waals surface area contributed by atoms with Gasteiger partial charge in [-0.3, -0.25) is 0 Å². The fourth-order valence-electron chi connectivity index (χ4n) is 1.03. The lowest BCUT2D eigenvalue weighted by molar-refractivity contribution is -0.154. The maximum atomic E-state index is 10.4.